The highest BCUT2D eigenvalue weighted by atomic mass is 19.1. The summed E-state index contributed by atoms with van der Waals surface area (Å²) in [6, 6.07) is 21.1. The highest BCUT2D eigenvalue weighted by Gasteiger charge is 2.08. The van der Waals surface area contributed by atoms with Gasteiger partial charge in [0.2, 0.25) is 0 Å². The minimum Gasteiger partial charge on any atom is -0.489 e. The molecule has 0 spiro atoms. The molecule has 3 aromatic carbocycles. The molecule has 0 aliphatic rings. The van der Waals surface area contributed by atoms with Crippen LogP contribution in [0.15, 0.2) is 79.4 Å². The first-order chi connectivity index (χ1) is 13.7. The van der Waals surface area contributed by atoms with Crippen LogP contribution in [-0.2, 0) is 0 Å². The predicted molar refractivity (Wildman–Crippen MR) is 119 cm³/mol. The molecule has 0 saturated heterocycles. The molecule has 0 N–H and O–H groups in total. The molecule has 1 unspecified atom stereocenters. The first-order valence-electron chi connectivity index (χ1n) is 9.85. The molecule has 144 valence electrons. The Hall–Kier alpha value is -2.87. The van der Waals surface area contributed by atoms with Crippen LogP contribution in [-0.4, -0.2) is 12.8 Å². The second-order valence-corrected chi connectivity index (χ2v) is 7.03. The first-order valence-corrected chi connectivity index (χ1v) is 9.85. The van der Waals surface area contributed by atoms with Crippen LogP contribution in [0.5, 0.6) is 5.75 Å². The fourth-order valence-corrected chi connectivity index (χ4v) is 3.24. The lowest BCUT2D eigenvalue weighted by Gasteiger charge is -2.12. The van der Waals surface area contributed by atoms with Gasteiger partial charge in [0.1, 0.15) is 12.4 Å². The van der Waals surface area contributed by atoms with Crippen molar-refractivity contribution in [3.63, 3.8) is 0 Å². The highest BCUT2D eigenvalue weighted by molar-refractivity contribution is 5.88. The van der Waals surface area contributed by atoms with Crippen LogP contribution in [0.3, 0.4) is 0 Å². The van der Waals surface area contributed by atoms with Gasteiger partial charge in [-0.2, -0.15) is 0 Å². The first kappa shape index (κ1) is 19.9. The van der Waals surface area contributed by atoms with Crippen LogP contribution in [0, 0.1) is 0 Å². The standard InChI is InChI=1S/C26H27FO/c1-3-17-28-26-18-21(10-6-4-5-9-20(2)27)13-16-25(26)24-15-14-22-11-7-8-12-23(22)19-24/h3,6-8,10-16,18-20H,1,4-5,9,17H2,2H3. The molecule has 0 fully saturated rings. The molecule has 0 amide bonds. The zero-order valence-corrected chi connectivity index (χ0v) is 16.4. The van der Waals surface area contributed by atoms with Gasteiger partial charge in [-0.05, 0) is 60.2 Å². The van der Waals surface area contributed by atoms with Gasteiger partial charge in [-0.15, -0.1) is 0 Å². The Bertz CT molecular complexity index is 956. The molecule has 0 bridgehead atoms. The van der Waals surface area contributed by atoms with Crippen LogP contribution in [0.1, 0.15) is 31.7 Å². The van der Waals surface area contributed by atoms with Crippen molar-refractivity contribution in [2.24, 2.45) is 0 Å². The lowest BCUT2D eigenvalue weighted by atomic mass is 9.99. The molecule has 3 rings (SSSR count). The Kier molecular flexibility index (Phi) is 7.02. The largest absolute Gasteiger partial charge is 0.489 e. The molecule has 1 atom stereocenters. The maximum absolute atomic E-state index is 12.9. The van der Waals surface area contributed by atoms with E-state index in [0.29, 0.717) is 13.0 Å². The maximum Gasteiger partial charge on any atom is 0.128 e. The van der Waals surface area contributed by atoms with E-state index in [0.717, 1.165) is 35.3 Å². The van der Waals surface area contributed by atoms with Gasteiger partial charge in [0, 0.05) is 5.56 Å². The van der Waals surface area contributed by atoms with Crippen molar-refractivity contribution in [2.75, 3.05) is 6.61 Å². The summed E-state index contributed by atoms with van der Waals surface area (Å²) in [4.78, 5) is 0. The second kappa shape index (κ2) is 9.89. The topological polar surface area (TPSA) is 9.23 Å². The van der Waals surface area contributed by atoms with E-state index in [1.165, 1.54) is 10.8 Å². The van der Waals surface area contributed by atoms with E-state index in [2.05, 4.69) is 79.4 Å². The Labute approximate surface area is 167 Å². The third-order valence-electron chi connectivity index (χ3n) is 4.71. The summed E-state index contributed by atoms with van der Waals surface area (Å²) < 4.78 is 18.8. The lowest BCUT2D eigenvalue weighted by molar-refractivity contribution is 0.335. The van der Waals surface area contributed by atoms with Gasteiger partial charge < -0.3 is 4.74 Å². The van der Waals surface area contributed by atoms with Crippen LogP contribution in [0.2, 0.25) is 0 Å². The third-order valence-corrected chi connectivity index (χ3v) is 4.71. The Morgan fingerprint density at radius 2 is 1.86 bits per heavy atom. The monoisotopic (exact) mass is 374 g/mol. The maximum atomic E-state index is 12.9. The van der Waals surface area contributed by atoms with Gasteiger partial charge >= 0.3 is 0 Å². The Morgan fingerprint density at radius 3 is 2.64 bits per heavy atom. The Morgan fingerprint density at radius 1 is 1.04 bits per heavy atom. The predicted octanol–water partition coefficient (Wildman–Crippen LogP) is 7.61. The summed E-state index contributed by atoms with van der Waals surface area (Å²) in [7, 11) is 0. The SMILES string of the molecule is C=CCOc1cc(C=CCCCC(C)F)ccc1-c1ccc2ccccc2c1. The quantitative estimate of drug-likeness (QED) is 0.276. The molecule has 0 aliphatic carbocycles. The summed E-state index contributed by atoms with van der Waals surface area (Å²) in [5, 5.41) is 2.43. The molecule has 0 heterocycles. The molecule has 3 aromatic rings. The van der Waals surface area contributed by atoms with E-state index in [1.807, 2.05) is 0 Å². The smallest absolute Gasteiger partial charge is 0.128 e. The van der Waals surface area contributed by atoms with Crippen molar-refractivity contribution in [1.29, 1.82) is 0 Å². The third kappa shape index (κ3) is 5.32. The van der Waals surface area contributed by atoms with Crippen molar-refractivity contribution < 1.29 is 9.13 Å². The molecule has 0 aromatic heterocycles. The number of halogens is 1. The van der Waals surface area contributed by atoms with Crippen LogP contribution in [0.4, 0.5) is 4.39 Å². The molecule has 0 aliphatic heterocycles. The number of alkyl halides is 1. The van der Waals surface area contributed by atoms with Crippen LogP contribution < -0.4 is 4.74 Å². The van der Waals surface area contributed by atoms with Gasteiger partial charge in [-0.3, -0.25) is 0 Å². The van der Waals surface area contributed by atoms with Gasteiger partial charge in [0.05, 0.1) is 6.17 Å². The minimum atomic E-state index is -0.728. The van der Waals surface area contributed by atoms with Crippen LogP contribution >= 0.6 is 0 Å². The van der Waals surface area contributed by atoms with Gasteiger partial charge in [0.15, 0.2) is 0 Å². The van der Waals surface area contributed by atoms with E-state index < -0.39 is 6.17 Å². The van der Waals surface area contributed by atoms with Gasteiger partial charge in [-0.25, -0.2) is 4.39 Å². The average Bonchev–Trinajstić information content (AvgIpc) is 2.71. The molecule has 1 nitrogen and oxygen atoms in total. The van der Waals surface area contributed by atoms with Crippen molar-refractivity contribution >= 4 is 16.8 Å². The van der Waals surface area contributed by atoms with Gasteiger partial charge in [0.25, 0.3) is 0 Å². The molecular formula is C26H27FO. The van der Waals surface area contributed by atoms with Crippen molar-refractivity contribution in [2.45, 2.75) is 32.4 Å². The van der Waals surface area contributed by atoms with Crippen molar-refractivity contribution in [3.05, 3.63) is 85.0 Å². The van der Waals surface area contributed by atoms with Crippen molar-refractivity contribution in [3.8, 4) is 16.9 Å². The average molecular weight is 374 g/mol. The van der Waals surface area contributed by atoms with Crippen molar-refractivity contribution in [1.82, 2.24) is 0 Å². The number of benzene rings is 3. The minimum absolute atomic E-state index is 0.460. The number of hydrogen-bond donors (Lipinski definition) is 0. The zero-order chi connectivity index (χ0) is 19.8. The van der Waals surface area contributed by atoms with Crippen LogP contribution in [0.25, 0.3) is 28.0 Å². The number of unbranched alkanes of at least 4 members (excludes halogenated alkanes) is 1. The Balaban J connectivity index is 1.85. The molecule has 0 saturated carbocycles. The van der Waals surface area contributed by atoms with Gasteiger partial charge in [-0.1, -0.05) is 73.3 Å². The number of ether oxygens (including phenoxy) is 1. The molecular weight excluding hydrogens is 347 g/mol. The normalized spacial score (nSPS) is 12.4. The van der Waals surface area contributed by atoms with E-state index in [-0.39, 0.29) is 0 Å². The summed E-state index contributed by atoms with van der Waals surface area (Å²) in [6.45, 7) is 5.83. The highest BCUT2D eigenvalue weighted by Crippen LogP contribution is 2.33. The summed E-state index contributed by atoms with van der Waals surface area (Å²) in [5.74, 6) is 0.842. The number of allylic oxidation sites excluding steroid dienone is 1. The zero-order valence-electron chi connectivity index (χ0n) is 16.4. The summed E-state index contributed by atoms with van der Waals surface area (Å²) >= 11 is 0. The summed E-state index contributed by atoms with van der Waals surface area (Å²) in [6.07, 6.45) is 7.56. The lowest BCUT2D eigenvalue weighted by Crippen LogP contribution is -1.96. The van der Waals surface area contributed by atoms with E-state index in [9.17, 15) is 4.39 Å². The second-order valence-electron chi connectivity index (χ2n) is 7.03. The number of rotatable bonds is 9. The van der Waals surface area contributed by atoms with E-state index in [1.54, 1.807) is 13.0 Å². The molecule has 28 heavy (non-hydrogen) atoms. The number of hydrogen-bond acceptors (Lipinski definition) is 1. The fraction of sp³-hybridized carbons (Fsp3) is 0.231. The molecule has 2 heteroatoms. The van der Waals surface area contributed by atoms with E-state index >= 15 is 0 Å². The summed E-state index contributed by atoms with van der Waals surface area (Å²) in [5.41, 5.74) is 3.28. The fourth-order valence-electron chi connectivity index (χ4n) is 3.24. The van der Waals surface area contributed by atoms with E-state index in [4.69, 9.17) is 4.74 Å². The molecule has 0 radical (unpaired) electrons. The number of fused-ring (bicyclic) bond motifs is 1.